The minimum absolute atomic E-state index is 0.0992. The zero-order valence-corrected chi connectivity index (χ0v) is 11.4. The third-order valence-corrected chi connectivity index (χ3v) is 4.12. The van der Waals surface area contributed by atoms with Crippen molar-refractivity contribution in [2.75, 3.05) is 12.3 Å². The maximum Gasteiger partial charge on any atom is 0.335 e. The van der Waals surface area contributed by atoms with Crippen LogP contribution in [0.5, 0.6) is 0 Å². The summed E-state index contributed by atoms with van der Waals surface area (Å²) in [5.41, 5.74) is 4.25. The van der Waals surface area contributed by atoms with Crippen LogP contribution in [-0.2, 0) is 10.0 Å². The molecule has 0 fully saturated rings. The standard InChI is InChI=1S/C11H16N2O5S/c1-11(2,6-14)13-19(17,18)9-4-3-7(10(15)16)5-8(9)12/h3-5,13-14H,6,12H2,1-2H3,(H,15,16). The van der Waals surface area contributed by atoms with E-state index in [0.717, 1.165) is 18.2 Å². The number of anilines is 1. The van der Waals surface area contributed by atoms with Gasteiger partial charge in [0.1, 0.15) is 4.90 Å². The molecule has 0 atom stereocenters. The first-order valence-electron chi connectivity index (χ1n) is 5.37. The Balaban J connectivity index is 3.20. The largest absolute Gasteiger partial charge is 0.478 e. The SMILES string of the molecule is CC(C)(CO)NS(=O)(=O)c1ccc(C(=O)O)cc1N. The number of nitrogen functional groups attached to an aromatic ring is 1. The second-order valence-electron chi connectivity index (χ2n) is 4.71. The summed E-state index contributed by atoms with van der Waals surface area (Å²) in [6.07, 6.45) is 0. The molecule has 0 spiro atoms. The first-order chi connectivity index (χ1) is 8.59. The normalized spacial score (nSPS) is 12.4. The lowest BCUT2D eigenvalue weighted by molar-refractivity contribution is 0.0697. The summed E-state index contributed by atoms with van der Waals surface area (Å²) in [6.45, 7) is 2.62. The number of aromatic carboxylic acids is 1. The molecule has 1 rings (SSSR count). The number of carboxylic acid groups (broad SMARTS) is 1. The minimum Gasteiger partial charge on any atom is -0.478 e. The topological polar surface area (TPSA) is 130 Å². The third-order valence-electron chi connectivity index (χ3n) is 2.35. The van der Waals surface area contributed by atoms with Crippen molar-refractivity contribution in [3.63, 3.8) is 0 Å². The molecular formula is C11H16N2O5S. The number of hydrogen-bond acceptors (Lipinski definition) is 5. The number of aliphatic hydroxyl groups is 1. The van der Waals surface area contributed by atoms with Crippen LogP contribution in [0.3, 0.4) is 0 Å². The molecule has 8 heteroatoms. The van der Waals surface area contributed by atoms with Gasteiger partial charge < -0.3 is 15.9 Å². The van der Waals surface area contributed by atoms with Crippen LogP contribution in [0.2, 0.25) is 0 Å². The Bertz CT molecular complexity index is 595. The van der Waals surface area contributed by atoms with Gasteiger partial charge in [0.25, 0.3) is 0 Å². The van der Waals surface area contributed by atoms with Crippen LogP contribution in [0, 0.1) is 0 Å². The van der Waals surface area contributed by atoms with E-state index in [1.54, 1.807) is 0 Å². The molecule has 0 amide bonds. The highest BCUT2D eigenvalue weighted by molar-refractivity contribution is 7.89. The summed E-state index contributed by atoms with van der Waals surface area (Å²) in [7, 11) is -3.93. The number of nitrogens with one attached hydrogen (secondary N) is 1. The smallest absolute Gasteiger partial charge is 0.335 e. The molecule has 5 N–H and O–H groups in total. The maximum absolute atomic E-state index is 12.1. The van der Waals surface area contributed by atoms with Crippen LogP contribution < -0.4 is 10.5 Å². The number of carboxylic acids is 1. The molecule has 106 valence electrons. The highest BCUT2D eigenvalue weighted by Gasteiger charge is 2.27. The Morgan fingerprint density at radius 1 is 1.42 bits per heavy atom. The maximum atomic E-state index is 12.1. The highest BCUT2D eigenvalue weighted by atomic mass is 32.2. The molecule has 0 aliphatic heterocycles. The molecule has 0 saturated carbocycles. The number of benzene rings is 1. The van der Waals surface area contributed by atoms with Gasteiger partial charge in [0.2, 0.25) is 10.0 Å². The predicted molar refractivity (Wildman–Crippen MR) is 69.3 cm³/mol. The summed E-state index contributed by atoms with van der Waals surface area (Å²) in [5, 5.41) is 17.8. The molecule has 0 radical (unpaired) electrons. The van der Waals surface area contributed by atoms with E-state index in [9.17, 15) is 13.2 Å². The fourth-order valence-electron chi connectivity index (χ4n) is 1.38. The number of sulfonamides is 1. The first-order valence-corrected chi connectivity index (χ1v) is 6.85. The summed E-state index contributed by atoms with van der Waals surface area (Å²) >= 11 is 0. The fourth-order valence-corrected chi connectivity index (χ4v) is 2.90. The molecule has 0 saturated heterocycles. The van der Waals surface area contributed by atoms with Crippen molar-refractivity contribution in [3.8, 4) is 0 Å². The molecule has 0 aliphatic rings. The van der Waals surface area contributed by atoms with Crippen molar-refractivity contribution in [2.24, 2.45) is 0 Å². The molecule has 1 aromatic rings. The van der Waals surface area contributed by atoms with E-state index in [2.05, 4.69) is 4.72 Å². The molecule has 0 aliphatic carbocycles. The number of rotatable bonds is 5. The van der Waals surface area contributed by atoms with E-state index in [1.807, 2.05) is 0 Å². The van der Waals surface area contributed by atoms with Gasteiger partial charge in [-0.1, -0.05) is 0 Å². The average molecular weight is 288 g/mol. The van der Waals surface area contributed by atoms with E-state index >= 15 is 0 Å². The van der Waals surface area contributed by atoms with Crippen LogP contribution in [0.4, 0.5) is 5.69 Å². The lowest BCUT2D eigenvalue weighted by Gasteiger charge is -2.23. The summed E-state index contributed by atoms with van der Waals surface area (Å²) < 4.78 is 26.4. The monoisotopic (exact) mass is 288 g/mol. The van der Waals surface area contributed by atoms with Crippen molar-refractivity contribution >= 4 is 21.7 Å². The van der Waals surface area contributed by atoms with E-state index in [1.165, 1.54) is 13.8 Å². The Labute approximate surface area is 111 Å². The number of nitrogens with two attached hydrogens (primary N) is 1. The van der Waals surface area contributed by atoms with Gasteiger partial charge in [-0.2, -0.15) is 0 Å². The fraction of sp³-hybridized carbons (Fsp3) is 0.364. The summed E-state index contributed by atoms with van der Waals surface area (Å²) in [5.74, 6) is -1.20. The second kappa shape index (κ2) is 5.16. The molecule has 19 heavy (non-hydrogen) atoms. The van der Waals surface area contributed by atoms with E-state index < -0.39 is 21.5 Å². The zero-order chi connectivity index (χ0) is 14.8. The molecule has 0 heterocycles. The summed E-state index contributed by atoms with van der Waals surface area (Å²) in [4.78, 5) is 10.5. The van der Waals surface area contributed by atoms with E-state index in [4.69, 9.17) is 15.9 Å². The number of hydrogen-bond donors (Lipinski definition) is 4. The molecular weight excluding hydrogens is 272 g/mol. The molecule has 0 bridgehead atoms. The number of aliphatic hydroxyl groups excluding tert-OH is 1. The van der Waals surface area contributed by atoms with Gasteiger partial charge in [0.05, 0.1) is 23.4 Å². The van der Waals surface area contributed by atoms with Gasteiger partial charge in [0.15, 0.2) is 0 Å². The Morgan fingerprint density at radius 3 is 2.42 bits per heavy atom. The van der Waals surface area contributed by atoms with Crippen molar-refractivity contribution < 1.29 is 23.4 Å². The van der Waals surface area contributed by atoms with Gasteiger partial charge in [-0.25, -0.2) is 17.9 Å². The van der Waals surface area contributed by atoms with Crippen LogP contribution in [0.1, 0.15) is 24.2 Å². The first kappa shape index (κ1) is 15.4. The highest BCUT2D eigenvalue weighted by Crippen LogP contribution is 2.21. The van der Waals surface area contributed by atoms with Gasteiger partial charge in [-0.15, -0.1) is 0 Å². The van der Waals surface area contributed by atoms with Crippen LogP contribution in [-0.4, -0.2) is 36.7 Å². The minimum atomic E-state index is -3.93. The van der Waals surface area contributed by atoms with Gasteiger partial charge in [0, 0.05) is 0 Å². The van der Waals surface area contributed by atoms with E-state index in [0.29, 0.717) is 0 Å². The Hall–Kier alpha value is -1.64. The van der Waals surface area contributed by atoms with Gasteiger partial charge >= 0.3 is 5.97 Å². The molecule has 0 unspecified atom stereocenters. The Morgan fingerprint density at radius 2 is 2.00 bits per heavy atom. The lowest BCUT2D eigenvalue weighted by atomic mass is 10.1. The lowest BCUT2D eigenvalue weighted by Crippen LogP contribution is -2.46. The molecule has 0 aromatic heterocycles. The van der Waals surface area contributed by atoms with E-state index in [-0.39, 0.29) is 22.8 Å². The summed E-state index contributed by atoms with van der Waals surface area (Å²) in [6, 6.07) is 3.34. The van der Waals surface area contributed by atoms with Gasteiger partial charge in [-0.05, 0) is 32.0 Å². The zero-order valence-electron chi connectivity index (χ0n) is 10.5. The number of carbonyl (C=O) groups is 1. The molecule has 7 nitrogen and oxygen atoms in total. The van der Waals surface area contributed by atoms with Crippen molar-refractivity contribution in [3.05, 3.63) is 23.8 Å². The van der Waals surface area contributed by atoms with Crippen LogP contribution in [0.15, 0.2) is 23.1 Å². The van der Waals surface area contributed by atoms with Crippen LogP contribution in [0.25, 0.3) is 0 Å². The quantitative estimate of drug-likeness (QED) is 0.565. The predicted octanol–water partition coefficient (Wildman–Crippen LogP) is 0.0162. The van der Waals surface area contributed by atoms with Gasteiger partial charge in [-0.3, -0.25) is 0 Å². The van der Waals surface area contributed by atoms with Crippen molar-refractivity contribution in [1.82, 2.24) is 4.72 Å². The van der Waals surface area contributed by atoms with Crippen molar-refractivity contribution in [2.45, 2.75) is 24.3 Å². The van der Waals surface area contributed by atoms with Crippen LogP contribution >= 0.6 is 0 Å². The Kier molecular flexibility index (Phi) is 4.18. The third kappa shape index (κ3) is 3.66. The average Bonchev–Trinajstić information content (AvgIpc) is 2.27. The molecule has 1 aromatic carbocycles. The van der Waals surface area contributed by atoms with Crippen molar-refractivity contribution in [1.29, 1.82) is 0 Å². The second-order valence-corrected chi connectivity index (χ2v) is 6.36.